The Balaban J connectivity index is 2.37. The van der Waals surface area contributed by atoms with Crippen LogP contribution >= 0.6 is 35.8 Å². The van der Waals surface area contributed by atoms with Gasteiger partial charge in [0.2, 0.25) is 5.91 Å². The molecule has 1 aliphatic rings. The van der Waals surface area contributed by atoms with Gasteiger partial charge >= 0.3 is 0 Å². The zero-order valence-corrected chi connectivity index (χ0v) is 9.93. The molecule has 1 aliphatic heterocycles. The van der Waals surface area contributed by atoms with Crippen molar-refractivity contribution >= 4 is 47.4 Å². The van der Waals surface area contributed by atoms with E-state index in [1.807, 2.05) is 0 Å². The number of rotatable bonds is 1. The Morgan fingerprint density at radius 3 is 2.80 bits per heavy atom. The van der Waals surface area contributed by atoms with Crippen LogP contribution < -0.4 is 4.90 Å². The van der Waals surface area contributed by atoms with E-state index in [0.717, 1.165) is 0 Å². The molecule has 0 aromatic carbocycles. The van der Waals surface area contributed by atoms with Crippen molar-refractivity contribution in [1.29, 1.82) is 0 Å². The van der Waals surface area contributed by atoms with Gasteiger partial charge in [-0.05, 0) is 0 Å². The van der Waals surface area contributed by atoms with E-state index in [9.17, 15) is 4.79 Å². The number of thiol groups is 1. The first-order chi connectivity index (χ1) is 7.08. The average Bonchev–Trinajstić information content (AvgIpc) is 2.50. The fraction of sp³-hybridized carbons (Fsp3) is 0.375. The molecule has 1 amide bonds. The van der Waals surface area contributed by atoms with Gasteiger partial charge in [-0.25, -0.2) is 0 Å². The summed E-state index contributed by atoms with van der Waals surface area (Å²) in [4.78, 5) is 13.1. The largest absolute Gasteiger partial charge is 0.308 e. The first-order valence-corrected chi connectivity index (χ1v) is 5.52. The highest BCUT2D eigenvalue weighted by molar-refractivity contribution is 7.81. The van der Waals surface area contributed by atoms with E-state index in [2.05, 4.69) is 22.8 Å². The summed E-state index contributed by atoms with van der Waals surface area (Å²) in [6.45, 7) is 0.518. The summed E-state index contributed by atoms with van der Waals surface area (Å²) in [5, 5.41) is 7.65. The molecule has 4 nitrogen and oxygen atoms in total. The summed E-state index contributed by atoms with van der Waals surface area (Å²) in [5.41, 5.74) is 0.498. The van der Waals surface area contributed by atoms with Crippen molar-refractivity contribution in [2.24, 2.45) is 0 Å². The molecule has 0 bridgehead atoms. The molecule has 0 radical (unpaired) electrons. The number of aromatic nitrogens is 2. The Morgan fingerprint density at radius 1 is 1.47 bits per heavy atom. The number of nitrogens with zero attached hydrogens (tertiary/aromatic N) is 3. The van der Waals surface area contributed by atoms with E-state index in [4.69, 9.17) is 23.2 Å². The molecule has 1 atom stereocenters. The number of carbonyl (C=O) groups excluding carboxylic acids is 1. The van der Waals surface area contributed by atoms with E-state index in [0.29, 0.717) is 18.7 Å². The van der Waals surface area contributed by atoms with E-state index in [1.165, 1.54) is 11.0 Å². The van der Waals surface area contributed by atoms with Gasteiger partial charge < -0.3 is 4.90 Å². The fourth-order valence-corrected chi connectivity index (χ4v) is 2.11. The summed E-state index contributed by atoms with van der Waals surface area (Å²) in [6, 6.07) is 1.53. The molecule has 1 fully saturated rings. The second-order valence-electron chi connectivity index (χ2n) is 3.21. The van der Waals surface area contributed by atoms with Crippen molar-refractivity contribution < 1.29 is 4.79 Å². The minimum atomic E-state index is -0.0269. The van der Waals surface area contributed by atoms with Gasteiger partial charge in [-0.2, -0.15) is 12.6 Å². The molecule has 15 heavy (non-hydrogen) atoms. The Bertz CT molecular complexity index is 415. The monoisotopic (exact) mass is 263 g/mol. The van der Waals surface area contributed by atoms with Gasteiger partial charge in [-0.3, -0.25) is 4.79 Å². The van der Waals surface area contributed by atoms with Crippen LogP contribution in [0, 0.1) is 0 Å². The quantitative estimate of drug-likeness (QED) is 0.787. The maximum atomic E-state index is 11.6. The molecule has 1 aromatic heterocycles. The van der Waals surface area contributed by atoms with Crippen molar-refractivity contribution in [3.8, 4) is 0 Å². The van der Waals surface area contributed by atoms with E-state index in [1.54, 1.807) is 0 Å². The van der Waals surface area contributed by atoms with Crippen LogP contribution in [0.2, 0.25) is 10.3 Å². The lowest BCUT2D eigenvalue weighted by Crippen LogP contribution is -2.25. The summed E-state index contributed by atoms with van der Waals surface area (Å²) < 4.78 is 0. The van der Waals surface area contributed by atoms with E-state index >= 15 is 0 Å². The molecule has 7 heteroatoms. The van der Waals surface area contributed by atoms with Crippen LogP contribution in [0.4, 0.5) is 5.69 Å². The van der Waals surface area contributed by atoms with Gasteiger partial charge in [0.15, 0.2) is 10.3 Å². The van der Waals surface area contributed by atoms with Gasteiger partial charge in [-0.15, -0.1) is 10.2 Å². The second kappa shape index (κ2) is 4.15. The smallest absolute Gasteiger partial charge is 0.228 e. The third-order valence-corrected chi connectivity index (χ3v) is 2.90. The predicted octanol–water partition coefficient (Wildman–Crippen LogP) is 1.82. The van der Waals surface area contributed by atoms with Crippen LogP contribution in [-0.4, -0.2) is 27.9 Å². The van der Waals surface area contributed by atoms with Crippen LogP contribution in [0.15, 0.2) is 6.07 Å². The Morgan fingerprint density at radius 2 is 2.20 bits per heavy atom. The zero-order chi connectivity index (χ0) is 11.0. The highest BCUT2D eigenvalue weighted by Crippen LogP contribution is 2.30. The summed E-state index contributed by atoms with van der Waals surface area (Å²) >= 11 is 15.8. The highest BCUT2D eigenvalue weighted by atomic mass is 35.5. The normalized spacial score (nSPS) is 21.1. The standard InChI is InChI=1S/C8H7Cl2N3OS/c9-6-2-5(8(10)12-11-6)13-3-4(15)1-7(13)14/h2,4,15H,1,3H2. The molecule has 1 aromatic rings. The summed E-state index contributed by atoms with van der Waals surface area (Å²) in [7, 11) is 0. The molecule has 0 aliphatic carbocycles. The van der Waals surface area contributed by atoms with Crippen LogP contribution in [0.1, 0.15) is 6.42 Å². The van der Waals surface area contributed by atoms with Gasteiger partial charge in [0.25, 0.3) is 0 Å². The van der Waals surface area contributed by atoms with E-state index in [-0.39, 0.29) is 21.5 Å². The fourth-order valence-electron chi connectivity index (χ4n) is 1.45. The maximum absolute atomic E-state index is 11.6. The molecule has 0 N–H and O–H groups in total. The first kappa shape index (κ1) is 11.0. The minimum Gasteiger partial charge on any atom is -0.308 e. The second-order valence-corrected chi connectivity index (χ2v) is 4.68. The number of amides is 1. The SMILES string of the molecule is O=C1CC(S)CN1c1cc(Cl)nnc1Cl. The number of halogens is 2. The average molecular weight is 264 g/mol. The molecule has 1 unspecified atom stereocenters. The number of anilines is 1. The van der Waals surface area contributed by atoms with Crippen LogP contribution in [0.25, 0.3) is 0 Å². The van der Waals surface area contributed by atoms with Crippen molar-refractivity contribution in [2.45, 2.75) is 11.7 Å². The van der Waals surface area contributed by atoms with E-state index < -0.39 is 0 Å². The van der Waals surface area contributed by atoms with Crippen molar-refractivity contribution in [2.75, 3.05) is 11.4 Å². The lowest BCUT2D eigenvalue weighted by Gasteiger charge is -2.16. The molecule has 0 spiro atoms. The van der Waals surface area contributed by atoms with Crippen LogP contribution in [0.5, 0.6) is 0 Å². The Hall–Kier alpha value is -0.520. The summed E-state index contributed by atoms with van der Waals surface area (Å²) in [5.74, 6) is -0.0269. The molecule has 1 saturated heterocycles. The lowest BCUT2D eigenvalue weighted by molar-refractivity contribution is -0.117. The van der Waals surface area contributed by atoms with Crippen LogP contribution in [-0.2, 0) is 4.79 Å². The third-order valence-electron chi connectivity index (χ3n) is 2.10. The van der Waals surface area contributed by atoms with Gasteiger partial charge in [0.05, 0.1) is 5.69 Å². The topological polar surface area (TPSA) is 46.1 Å². The number of hydrogen-bond acceptors (Lipinski definition) is 4. The summed E-state index contributed by atoms with van der Waals surface area (Å²) in [6.07, 6.45) is 0.402. The Labute approximate surface area is 102 Å². The number of hydrogen-bond donors (Lipinski definition) is 1. The minimum absolute atomic E-state index is 0.0269. The van der Waals surface area contributed by atoms with Gasteiger partial charge in [-0.1, -0.05) is 23.2 Å². The molecule has 0 saturated carbocycles. The molecule has 2 heterocycles. The molecule has 2 rings (SSSR count). The third kappa shape index (κ3) is 2.19. The van der Waals surface area contributed by atoms with Gasteiger partial charge in [0.1, 0.15) is 0 Å². The molecular weight excluding hydrogens is 257 g/mol. The van der Waals surface area contributed by atoms with Crippen molar-refractivity contribution in [3.05, 3.63) is 16.4 Å². The zero-order valence-electron chi connectivity index (χ0n) is 7.52. The first-order valence-electron chi connectivity index (χ1n) is 4.25. The number of carbonyl (C=O) groups is 1. The molecular formula is C8H7Cl2N3OS. The highest BCUT2D eigenvalue weighted by Gasteiger charge is 2.30. The van der Waals surface area contributed by atoms with Gasteiger partial charge in [0, 0.05) is 24.3 Å². The predicted molar refractivity (Wildman–Crippen MR) is 61.8 cm³/mol. The lowest BCUT2D eigenvalue weighted by atomic mass is 10.4. The van der Waals surface area contributed by atoms with Crippen molar-refractivity contribution in [3.63, 3.8) is 0 Å². The molecule has 80 valence electrons. The Kier molecular flexibility index (Phi) is 3.04. The van der Waals surface area contributed by atoms with Crippen molar-refractivity contribution in [1.82, 2.24) is 10.2 Å². The van der Waals surface area contributed by atoms with Crippen LogP contribution in [0.3, 0.4) is 0 Å². The maximum Gasteiger partial charge on any atom is 0.228 e.